The van der Waals surface area contributed by atoms with Gasteiger partial charge in [0.05, 0.1) is 7.11 Å². The highest BCUT2D eigenvalue weighted by Crippen LogP contribution is 2.22. The quantitative estimate of drug-likeness (QED) is 0.852. The number of rotatable bonds is 4. The van der Waals surface area contributed by atoms with Crippen molar-refractivity contribution in [3.63, 3.8) is 0 Å². The highest BCUT2D eigenvalue weighted by atomic mass is 16.5. The smallest absolute Gasteiger partial charge is 0.253 e. The van der Waals surface area contributed by atoms with E-state index in [1.54, 1.807) is 31.4 Å². The van der Waals surface area contributed by atoms with Crippen molar-refractivity contribution in [3.05, 3.63) is 65.2 Å². The maximum atomic E-state index is 12.7. The van der Waals surface area contributed by atoms with Gasteiger partial charge in [0.1, 0.15) is 5.75 Å². The zero-order chi connectivity index (χ0) is 21.0. The number of amides is 2. The maximum absolute atomic E-state index is 12.7. The third-order valence-corrected chi connectivity index (χ3v) is 5.47. The molecule has 1 aliphatic rings. The number of piperidine rings is 1. The molecule has 0 radical (unpaired) electrons. The third-order valence-electron chi connectivity index (χ3n) is 5.47. The van der Waals surface area contributed by atoms with Gasteiger partial charge in [0.15, 0.2) is 0 Å². The van der Waals surface area contributed by atoms with E-state index in [1.165, 1.54) is 5.56 Å². The molecule has 154 valence electrons. The molecule has 1 saturated heterocycles. The summed E-state index contributed by atoms with van der Waals surface area (Å²) in [6.07, 6.45) is 1.52. The molecule has 0 unspecified atom stereocenters. The average Bonchev–Trinajstić information content (AvgIpc) is 2.73. The monoisotopic (exact) mass is 394 g/mol. The summed E-state index contributed by atoms with van der Waals surface area (Å²) in [5.74, 6) is 0.707. The summed E-state index contributed by atoms with van der Waals surface area (Å²) in [5.41, 5.74) is 2.61. The second-order valence-corrected chi connectivity index (χ2v) is 8.60. The van der Waals surface area contributed by atoms with Crippen LogP contribution in [0.5, 0.6) is 5.75 Å². The van der Waals surface area contributed by atoms with E-state index in [0.717, 1.165) is 18.6 Å². The van der Waals surface area contributed by atoms with Crippen molar-refractivity contribution >= 4 is 11.8 Å². The summed E-state index contributed by atoms with van der Waals surface area (Å²) < 4.78 is 5.14. The van der Waals surface area contributed by atoms with Crippen LogP contribution in [0.25, 0.3) is 0 Å². The average molecular weight is 395 g/mol. The number of carbonyl (C=O) groups excluding carboxylic acids is 2. The lowest BCUT2D eigenvalue weighted by Gasteiger charge is -2.32. The molecule has 0 saturated carbocycles. The second-order valence-electron chi connectivity index (χ2n) is 8.60. The highest BCUT2D eigenvalue weighted by molar-refractivity contribution is 5.95. The minimum atomic E-state index is -0.0506. The molecular weight excluding hydrogens is 364 g/mol. The summed E-state index contributed by atoms with van der Waals surface area (Å²) in [5, 5.41) is 3.11. The van der Waals surface area contributed by atoms with Gasteiger partial charge in [0, 0.05) is 30.3 Å². The van der Waals surface area contributed by atoms with Crippen molar-refractivity contribution in [3.8, 4) is 5.75 Å². The van der Waals surface area contributed by atoms with Crippen molar-refractivity contribution in [1.82, 2.24) is 10.2 Å². The van der Waals surface area contributed by atoms with Gasteiger partial charge in [-0.3, -0.25) is 9.59 Å². The van der Waals surface area contributed by atoms with Crippen molar-refractivity contribution < 1.29 is 14.3 Å². The fraction of sp³-hybridized carbons (Fsp3) is 0.417. The van der Waals surface area contributed by atoms with E-state index < -0.39 is 0 Å². The van der Waals surface area contributed by atoms with Crippen LogP contribution in [0.2, 0.25) is 0 Å². The SMILES string of the molecule is COc1ccc(C(=O)N2CCC(NC(=O)c3ccc(C(C)(C)C)cc3)CC2)cc1. The Labute approximate surface area is 173 Å². The highest BCUT2D eigenvalue weighted by Gasteiger charge is 2.25. The Morgan fingerprint density at radius 1 is 0.931 bits per heavy atom. The van der Waals surface area contributed by atoms with Gasteiger partial charge in [0.25, 0.3) is 11.8 Å². The Morgan fingerprint density at radius 2 is 1.48 bits per heavy atom. The molecule has 0 aromatic heterocycles. The van der Waals surface area contributed by atoms with E-state index in [1.807, 2.05) is 29.2 Å². The third kappa shape index (κ3) is 5.17. The van der Waals surface area contributed by atoms with E-state index in [4.69, 9.17) is 4.74 Å². The van der Waals surface area contributed by atoms with E-state index in [9.17, 15) is 9.59 Å². The summed E-state index contributed by atoms with van der Waals surface area (Å²) in [6.45, 7) is 7.74. The van der Waals surface area contributed by atoms with Crippen LogP contribution in [0.3, 0.4) is 0 Å². The first-order valence-electron chi connectivity index (χ1n) is 10.1. The molecule has 2 aromatic carbocycles. The molecule has 2 amide bonds. The molecular formula is C24H30N2O3. The van der Waals surface area contributed by atoms with Crippen LogP contribution in [-0.2, 0) is 5.41 Å². The lowest BCUT2D eigenvalue weighted by molar-refractivity contribution is 0.0698. The Hall–Kier alpha value is -2.82. The molecule has 29 heavy (non-hydrogen) atoms. The fourth-order valence-corrected chi connectivity index (χ4v) is 3.53. The topological polar surface area (TPSA) is 58.6 Å². The predicted molar refractivity (Wildman–Crippen MR) is 115 cm³/mol. The normalized spacial score (nSPS) is 15.1. The number of methoxy groups -OCH3 is 1. The molecule has 0 aliphatic carbocycles. The first-order valence-corrected chi connectivity index (χ1v) is 10.1. The number of benzene rings is 2. The van der Waals surface area contributed by atoms with Crippen LogP contribution in [-0.4, -0.2) is 43.0 Å². The largest absolute Gasteiger partial charge is 0.497 e. The van der Waals surface area contributed by atoms with Gasteiger partial charge < -0.3 is 15.0 Å². The molecule has 1 N–H and O–H groups in total. The maximum Gasteiger partial charge on any atom is 0.253 e. The lowest BCUT2D eigenvalue weighted by Crippen LogP contribution is -2.46. The molecule has 0 bridgehead atoms. The molecule has 1 heterocycles. The molecule has 5 nitrogen and oxygen atoms in total. The Balaban J connectivity index is 1.52. The Morgan fingerprint density at radius 3 is 2.00 bits per heavy atom. The van der Waals surface area contributed by atoms with Crippen molar-refractivity contribution in [2.75, 3.05) is 20.2 Å². The van der Waals surface area contributed by atoms with E-state index in [0.29, 0.717) is 24.2 Å². The molecule has 1 aliphatic heterocycles. The minimum absolute atomic E-state index is 0.0233. The first kappa shape index (κ1) is 20.9. The fourth-order valence-electron chi connectivity index (χ4n) is 3.53. The Kier molecular flexibility index (Phi) is 6.26. The number of nitrogens with zero attached hydrogens (tertiary/aromatic N) is 1. The first-order chi connectivity index (χ1) is 13.8. The van der Waals surface area contributed by atoms with E-state index in [2.05, 4.69) is 26.1 Å². The number of likely N-dealkylation sites (tertiary alicyclic amines) is 1. The van der Waals surface area contributed by atoms with Gasteiger partial charge in [-0.25, -0.2) is 0 Å². The molecule has 0 spiro atoms. The van der Waals surface area contributed by atoms with E-state index in [-0.39, 0.29) is 23.3 Å². The van der Waals surface area contributed by atoms with Gasteiger partial charge in [-0.15, -0.1) is 0 Å². The van der Waals surface area contributed by atoms with Crippen LogP contribution in [0.4, 0.5) is 0 Å². The Bertz CT molecular complexity index is 843. The number of carbonyl (C=O) groups is 2. The lowest BCUT2D eigenvalue weighted by atomic mass is 9.86. The number of hydrogen-bond donors (Lipinski definition) is 1. The predicted octanol–water partition coefficient (Wildman–Crippen LogP) is 4.03. The van der Waals surface area contributed by atoms with Crippen LogP contribution < -0.4 is 10.1 Å². The molecule has 2 aromatic rings. The molecule has 0 atom stereocenters. The number of ether oxygens (including phenoxy) is 1. The van der Waals surface area contributed by atoms with Crippen LogP contribution in [0.1, 0.15) is 59.9 Å². The van der Waals surface area contributed by atoms with Crippen molar-refractivity contribution in [1.29, 1.82) is 0 Å². The van der Waals surface area contributed by atoms with Crippen LogP contribution in [0.15, 0.2) is 48.5 Å². The van der Waals surface area contributed by atoms with Gasteiger partial charge in [-0.1, -0.05) is 32.9 Å². The second kappa shape index (κ2) is 8.68. The zero-order valence-electron chi connectivity index (χ0n) is 17.7. The number of hydrogen-bond acceptors (Lipinski definition) is 3. The van der Waals surface area contributed by atoms with Crippen LogP contribution >= 0.6 is 0 Å². The summed E-state index contributed by atoms with van der Waals surface area (Å²) in [4.78, 5) is 27.1. The molecule has 5 heteroatoms. The van der Waals surface area contributed by atoms with Crippen molar-refractivity contribution in [2.45, 2.75) is 45.1 Å². The summed E-state index contributed by atoms with van der Waals surface area (Å²) in [7, 11) is 1.61. The zero-order valence-corrected chi connectivity index (χ0v) is 17.7. The standard InChI is InChI=1S/C24H30N2O3/c1-24(2,3)19-9-5-17(6-10-19)22(27)25-20-13-15-26(16-14-20)23(28)18-7-11-21(29-4)12-8-18/h5-12,20H,13-16H2,1-4H3,(H,25,27). The molecule has 1 fully saturated rings. The van der Waals surface area contributed by atoms with Gasteiger partial charge >= 0.3 is 0 Å². The summed E-state index contributed by atoms with van der Waals surface area (Å²) in [6, 6.07) is 15.1. The van der Waals surface area contributed by atoms with E-state index >= 15 is 0 Å². The van der Waals surface area contributed by atoms with Crippen LogP contribution in [0, 0.1) is 0 Å². The van der Waals surface area contributed by atoms with Gasteiger partial charge in [-0.2, -0.15) is 0 Å². The molecule has 3 rings (SSSR count). The van der Waals surface area contributed by atoms with Gasteiger partial charge in [-0.05, 0) is 60.2 Å². The summed E-state index contributed by atoms with van der Waals surface area (Å²) >= 11 is 0. The minimum Gasteiger partial charge on any atom is -0.497 e. The number of nitrogens with one attached hydrogen (secondary N) is 1. The van der Waals surface area contributed by atoms with Crippen molar-refractivity contribution in [2.24, 2.45) is 0 Å². The van der Waals surface area contributed by atoms with Gasteiger partial charge in [0.2, 0.25) is 0 Å².